The van der Waals surface area contributed by atoms with E-state index in [0.717, 1.165) is 24.1 Å². The molecule has 3 aromatic rings. The van der Waals surface area contributed by atoms with Gasteiger partial charge in [-0.05, 0) is 19.4 Å². The first kappa shape index (κ1) is 17.3. The molecule has 0 atom stereocenters. The number of fused-ring (bicyclic) bond motifs is 1. The minimum absolute atomic E-state index is 0.0915. The van der Waals surface area contributed by atoms with Crippen LogP contribution in [-0.2, 0) is 19.9 Å². The van der Waals surface area contributed by atoms with Gasteiger partial charge in [0.05, 0.1) is 5.69 Å². The fourth-order valence-corrected chi connectivity index (χ4v) is 3.80. The lowest BCUT2D eigenvalue weighted by atomic mass is 10.0. The number of H-pyrrole nitrogens is 1. The van der Waals surface area contributed by atoms with E-state index < -0.39 is 0 Å². The highest BCUT2D eigenvalue weighted by Gasteiger charge is 2.25. The molecule has 4 rings (SSSR count). The van der Waals surface area contributed by atoms with E-state index in [4.69, 9.17) is 5.10 Å². The molecular weight excluding hydrogens is 340 g/mol. The number of nitrogens with zero attached hydrogens (tertiary/aromatic N) is 3. The predicted molar refractivity (Wildman–Crippen MR) is 104 cm³/mol. The van der Waals surface area contributed by atoms with Gasteiger partial charge in [-0.3, -0.25) is 14.3 Å². The fourth-order valence-electron chi connectivity index (χ4n) is 3.80. The summed E-state index contributed by atoms with van der Waals surface area (Å²) in [5.41, 5.74) is 5.37. The smallest absolute Gasteiger partial charge is 0.254 e. The van der Waals surface area contributed by atoms with Crippen molar-refractivity contribution in [2.75, 3.05) is 13.1 Å². The molecule has 1 aliphatic heterocycles. The van der Waals surface area contributed by atoms with Gasteiger partial charge >= 0.3 is 0 Å². The van der Waals surface area contributed by atoms with Gasteiger partial charge in [-0.2, -0.15) is 5.10 Å². The predicted octanol–water partition coefficient (Wildman–Crippen LogP) is 2.32. The Morgan fingerprint density at radius 1 is 1.11 bits per heavy atom. The fraction of sp³-hybridized carbons (Fsp3) is 0.286. The van der Waals surface area contributed by atoms with E-state index >= 15 is 0 Å². The topological polar surface area (TPSA) is 71.0 Å². The Balaban J connectivity index is 1.62. The summed E-state index contributed by atoms with van der Waals surface area (Å²) in [5, 5.41) is 4.72. The summed E-state index contributed by atoms with van der Waals surface area (Å²) in [6.45, 7) is 3.02. The molecule has 1 amide bonds. The van der Waals surface area contributed by atoms with E-state index in [1.807, 2.05) is 34.8 Å². The molecule has 0 radical (unpaired) electrons. The number of pyridine rings is 1. The van der Waals surface area contributed by atoms with Crippen molar-refractivity contribution in [1.29, 1.82) is 0 Å². The second-order valence-electron chi connectivity index (χ2n) is 6.97. The highest BCUT2D eigenvalue weighted by Crippen LogP contribution is 2.28. The number of hydrogen-bond acceptors (Lipinski definition) is 3. The summed E-state index contributed by atoms with van der Waals surface area (Å²) < 4.78 is 1.93. The number of amides is 1. The van der Waals surface area contributed by atoms with Crippen molar-refractivity contribution in [3.05, 3.63) is 75.3 Å². The lowest BCUT2D eigenvalue weighted by Gasteiger charge is -2.20. The maximum Gasteiger partial charge on any atom is 0.254 e. The monoisotopic (exact) mass is 362 g/mol. The Morgan fingerprint density at radius 3 is 2.59 bits per heavy atom. The summed E-state index contributed by atoms with van der Waals surface area (Å²) in [6, 6.07) is 13.3. The van der Waals surface area contributed by atoms with E-state index in [1.54, 1.807) is 13.0 Å². The van der Waals surface area contributed by atoms with Crippen molar-refractivity contribution in [3.8, 4) is 11.3 Å². The molecule has 0 saturated carbocycles. The second-order valence-corrected chi connectivity index (χ2v) is 6.97. The van der Waals surface area contributed by atoms with Gasteiger partial charge in [0, 0.05) is 60.7 Å². The highest BCUT2D eigenvalue weighted by atomic mass is 16.2. The van der Waals surface area contributed by atoms with Crippen LogP contribution < -0.4 is 5.56 Å². The van der Waals surface area contributed by atoms with Crippen molar-refractivity contribution in [2.45, 2.75) is 19.8 Å². The molecule has 0 spiro atoms. The Kier molecular flexibility index (Phi) is 4.39. The van der Waals surface area contributed by atoms with Crippen LogP contribution in [0, 0.1) is 6.92 Å². The molecule has 138 valence electrons. The molecule has 0 aliphatic carbocycles. The van der Waals surface area contributed by atoms with Gasteiger partial charge in [-0.15, -0.1) is 0 Å². The Bertz CT molecular complexity index is 1050. The van der Waals surface area contributed by atoms with Crippen molar-refractivity contribution < 1.29 is 4.79 Å². The van der Waals surface area contributed by atoms with Crippen molar-refractivity contribution >= 4 is 5.91 Å². The molecule has 0 saturated heterocycles. The molecule has 0 bridgehead atoms. The molecule has 3 heterocycles. The Labute approximate surface area is 157 Å². The molecule has 2 aromatic heterocycles. The molecule has 1 aliphatic rings. The zero-order chi connectivity index (χ0) is 19.0. The van der Waals surface area contributed by atoms with Gasteiger partial charge in [0.15, 0.2) is 0 Å². The van der Waals surface area contributed by atoms with Crippen LogP contribution in [0.4, 0.5) is 0 Å². The first-order valence-corrected chi connectivity index (χ1v) is 9.13. The first-order chi connectivity index (χ1) is 13.0. The standard InChI is InChI=1S/C21H22N4O2/c1-14-12-16(13-19(26)22-14)21(27)25-10-8-17-18(9-11-25)24(2)23-20(17)15-6-4-3-5-7-15/h3-7,12-13H,8-11H2,1-2H3,(H,22,26). The summed E-state index contributed by atoms with van der Waals surface area (Å²) in [6.07, 6.45) is 1.50. The molecule has 0 fully saturated rings. The van der Waals surface area contributed by atoms with E-state index in [-0.39, 0.29) is 11.5 Å². The van der Waals surface area contributed by atoms with Crippen molar-refractivity contribution in [1.82, 2.24) is 19.7 Å². The second kappa shape index (κ2) is 6.87. The number of nitrogens with one attached hydrogen (secondary N) is 1. The Hall–Kier alpha value is -3.15. The zero-order valence-corrected chi connectivity index (χ0v) is 15.5. The van der Waals surface area contributed by atoms with Gasteiger partial charge in [-0.25, -0.2) is 0 Å². The van der Waals surface area contributed by atoms with E-state index in [2.05, 4.69) is 17.1 Å². The van der Waals surface area contributed by atoms with E-state index in [0.29, 0.717) is 24.3 Å². The van der Waals surface area contributed by atoms with Crippen molar-refractivity contribution in [3.63, 3.8) is 0 Å². The van der Waals surface area contributed by atoms with Crippen LogP contribution in [0.2, 0.25) is 0 Å². The highest BCUT2D eigenvalue weighted by molar-refractivity contribution is 5.94. The number of aromatic amines is 1. The largest absolute Gasteiger partial charge is 0.338 e. The average molecular weight is 362 g/mol. The lowest BCUT2D eigenvalue weighted by Crippen LogP contribution is -2.34. The number of rotatable bonds is 2. The quantitative estimate of drug-likeness (QED) is 0.761. The Morgan fingerprint density at radius 2 is 1.85 bits per heavy atom. The van der Waals surface area contributed by atoms with Crippen LogP contribution >= 0.6 is 0 Å². The van der Waals surface area contributed by atoms with Crippen LogP contribution in [0.15, 0.2) is 47.3 Å². The van der Waals surface area contributed by atoms with Crippen LogP contribution in [0.1, 0.15) is 27.3 Å². The van der Waals surface area contributed by atoms with Crippen molar-refractivity contribution in [2.24, 2.45) is 7.05 Å². The lowest BCUT2D eigenvalue weighted by molar-refractivity contribution is 0.0762. The van der Waals surface area contributed by atoms with E-state index in [9.17, 15) is 9.59 Å². The third-order valence-corrected chi connectivity index (χ3v) is 5.09. The number of hydrogen-bond donors (Lipinski definition) is 1. The SMILES string of the molecule is Cc1cc(C(=O)N2CCc3c(-c4ccccc4)nn(C)c3CC2)cc(=O)[nH]1. The third-order valence-electron chi connectivity index (χ3n) is 5.09. The summed E-state index contributed by atoms with van der Waals surface area (Å²) >= 11 is 0. The van der Waals surface area contributed by atoms with Crippen LogP contribution in [-0.4, -0.2) is 38.7 Å². The van der Waals surface area contributed by atoms with Gasteiger partial charge < -0.3 is 9.88 Å². The number of carbonyl (C=O) groups is 1. The summed E-state index contributed by atoms with van der Waals surface area (Å²) in [5.74, 6) is -0.0915. The number of benzene rings is 1. The zero-order valence-electron chi connectivity index (χ0n) is 15.5. The van der Waals surface area contributed by atoms with Gasteiger partial charge in [-0.1, -0.05) is 30.3 Å². The minimum Gasteiger partial charge on any atom is -0.338 e. The van der Waals surface area contributed by atoms with Crippen LogP contribution in [0.3, 0.4) is 0 Å². The first-order valence-electron chi connectivity index (χ1n) is 9.13. The molecule has 6 nitrogen and oxygen atoms in total. The molecule has 0 unspecified atom stereocenters. The van der Waals surface area contributed by atoms with Gasteiger partial charge in [0.25, 0.3) is 5.91 Å². The molecule has 1 N–H and O–H groups in total. The van der Waals surface area contributed by atoms with Gasteiger partial charge in [0.1, 0.15) is 0 Å². The maximum atomic E-state index is 12.9. The molecule has 1 aromatic carbocycles. The summed E-state index contributed by atoms with van der Waals surface area (Å²) in [4.78, 5) is 29.2. The van der Waals surface area contributed by atoms with Crippen LogP contribution in [0.25, 0.3) is 11.3 Å². The number of carbonyl (C=O) groups excluding carboxylic acids is 1. The van der Waals surface area contributed by atoms with Crippen LogP contribution in [0.5, 0.6) is 0 Å². The summed E-state index contributed by atoms with van der Waals surface area (Å²) in [7, 11) is 1.96. The average Bonchev–Trinajstić information content (AvgIpc) is 2.83. The minimum atomic E-state index is -0.243. The number of aryl methyl sites for hydroxylation is 2. The third kappa shape index (κ3) is 3.30. The normalized spacial score (nSPS) is 13.9. The number of aromatic nitrogens is 3. The molecule has 6 heteroatoms. The van der Waals surface area contributed by atoms with E-state index in [1.165, 1.54) is 17.3 Å². The molecular formula is C21H22N4O2. The molecule has 27 heavy (non-hydrogen) atoms. The van der Waals surface area contributed by atoms with Gasteiger partial charge in [0.2, 0.25) is 5.56 Å². The maximum absolute atomic E-state index is 12.9.